The molecule has 22 heavy (non-hydrogen) atoms. The number of hydrogen-bond acceptors (Lipinski definition) is 4. The molecule has 0 saturated carbocycles. The highest BCUT2D eigenvalue weighted by Gasteiger charge is 2.41. The second-order valence-electron chi connectivity index (χ2n) is 6.27. The third-order valence-electron chi connectivity index (χ3n) is 4.99. The second kappa shape index (κ2) is 4.15. The zero-order valence-corrected chi connectivity index (χ0v) is 12.1. The number of nitrogens with zero attached hydrogens (tertiary/aromatic N) is 2. The number of ether oxygens (including phenoxy) is 2. The number of fused-ring (bicyclic) bond motifs is 4. The fraction of sp³-hybridized carbons (Fsp3) is 0.500. The molecule has 6 heteroatoms. The second-order valence-corrected chi connectivity index (χ2v) is 6.27. The molecule has 1 aromatic carbocycles. The van der Waals surface area contributed by atoms with Crippen molar-refractivity contribution in [1.82, 2.24) is 9.80 Å². The van der Waals surface area contributed by atoms with Gasteiger partial charge in [0.2, 0.25) is 0 Å². The van der Waals surface area contributed by atoms with Gasteiger partial charge in [-0.1, -0.05) is 0 Å². The molecule has 1 aromatic rings. The van der Waals surface area contributed by atoms with Crippen LogP contribution in [0, 0.1) is 0 Å². The maximum absolute atomic E-state index is 12.6. The van der Waals surface area contributed by atoms with Gasteiger partial charge in [0.15, 0.2) is 12.5 Å². The summed E-state index contributed by atoms with van der Waals surface area (Å²) in [6.07, 6.45) is 3.29. The molecule has 4 heterocycles. The van der Waals surface area contributed by atoms with Gasteiger partial charge in [-0.3, -0.25) is 9.59 Å². The largest absolute Gasteiger partial charge is 0.469 e. The third kappa shape index (κ3) is 1.50. The summed E-state index contributed by atoms with van der Waals surface area (Å²) >= 11 is 0. The van der Waals surface area contributed by atoms with Gasteiger partial charge >= 0.3 is 0 Å². The van der Waals surface area contributed by atoms with Crippen molar-refractivity contribution in [3.63, 3.8) is 0 Å². The maximum atomic E-state index is 12.6. The van der Waals surface area contributed by atoms with Crippen molar-refractivity contribution in [2.45, 2.75) is 38.1 Å². The summed E-state index contributed by atoms with van der Waals surface area (Å²) in [5.74, 6) is 1.02. The van der Waals surface area contributed by atoms with Gasteiger partial charge in [-0.15, -0.1) is 0 Å². The third-order valence-corrected chi connectivity index (χ3v) is 4.99. The molecule has 114 valence electrons. The number of benzene rings is 1. The molecule has 0 N–H and O–H groups in total. The van der Waals surface area contributed by atoms with E-state index in [9.17, 15) is 9.59 Å². The average molecular weight is 300 g/mol. The Morgan fingerprint density at radius 1 is 0.818 bits per heavy atom. The minimum atomic E-state index is -0.166. The average Bonchev–Trinajstić information content (AvgIpc) is 3.15. The summed E-state index contributed by atoms with van der Waals surface area (Å²) in [7, 11) is 0. The first kappa shape index (κ1) is 12.3. The van der Waals surface area contributed by atoms with Crippen molar-refractivity contribution in [3.05, 3.63) is 23.3 Å². The van der Waals surface area contributed by atoms with E-state index in [-0.39, 0.29) is 24.3 Å². The zero-order valence-electron chi connectivity index (χ0n) is 12.1. The number of rotatable bonds is 0. The molecule has 0 aliphatic carbocycles. The van der Waals surface area contributed by atoms with E-state index in [0.717, 1.165) is 38.8 Å². The van der Waals surface area contributed by atoms with Gasteiger partial charge in [-0.2, -0.15) is 0 Å². The molecule has 2 fully saturated rings. The van der Waals surface area contributed by atoms with Gasteiger partial charge in [-0.25, -0.2) is 0 Å². The van der Waals surface area contributed by atoms with Crippen LogP contribution in [-0.4, -0.2) is 47.2 Å². The Hall–Kier alpha value is -2.24. The summed E-state index contributed by atoms with van der Waals surface area (Å²) in [4.78, 5) is 28.7. The molecule has 2 saturated heterocycles. The highest BCUT2D eigenvalue weighted by Crippen LogP contribution is 2.41. The van der Waals surface area contributed by atoms with Gasteiger partial charge < -0.3 is 19.3 Å². The lowest BCUT2D eigenvalue weighted by atomic mass is 10.0. The van der Waals surface area contributed by atoms with E-state index in [2.05, 4.69) is 0 Å². The van der Waals surface area contributed by atoms with Gasteiger partial charge in [0, 0.05) is 32.0 Å². The number of amides is 2. The minimum Gasteiger partial charge on any atom is -0.469 e. The van der Waals surface area contributed by atoms with Gasteiger partial charge in [0.05, 0.1) is 11.1 Å². The fourth-order valence-electron chi connectivity index (χ4n) is 3.87. The van der Waals surface area contributed by atoms with Crippen molar-refractivity contribution in [2.24, 2.45) is 0 Å². The topological polar surface area (TPSA) is 59.1 Å². The molecule has 5 rings (SSSR count). The summed E-state index contributed by atoms with van der Waals surface area (Å²) < 4.78 is 11.9. The normalized spacial score (nSPS) is 28.5. The lowest BCUT2D eigenvalue weighted by Crippen LogP contribution is -2.45. The maximum Gasteiger partial charge on any atom is 0.260 e. The van der Waals surface area contributed by atoms with E-state index in [4.69, 9.17) is 9.47 Å². The highest BCUT2D eigenvalue weighted by atomic mass is 16.5. The van der Waals surface area contributed by atoms with Crippen LogP contribution in [0.2, 0.25) is 0 Å². The van der Waals surface area contributed by atoms with Gasteiger partial charge in [0.25, 0.3) is 11.8 Å². The molecule has 2 amide bonds. The summed E-state index contributed by atoms with van der Waals surface area (Å²) in [5, 5.41) is 0. The summed E-state index contributed by atoms with van der Waals surface area (Å²) in [6, 6.07) is 3.38. The Morgan fingerprint density at radius 3 is 1.82 bits per heavy atom. The van der Waals surface area contributed by atoms with Crippen molar-refractivity contribution < 1.29 is 19.1 Å². The first-order valence-corrected chi connectivity index (χ1v) is 7.86. The van der Waals surface area contributed by atoms with E-state index in [1.54, 1.807) is 21.9 Å². The lowest BCUT2D eigenvalue weighted by molar-refractivity contribution is 0.0249. The molecule has 2 atom stereocenters. The van der Waals surface area contributed by atoms with Crippen LogP contribution in [0.3, 0.4) is 0 Å². The van der Waals surface area contributed by atoms with E-state index >= 15 is 0 Å². The molecule has 0 bridgehead atoms. The molecule has 0 radical (unpaired) electrons. The van der Waals surface area contributed by atoms with Crippen LogP contribution >= 0.6 is 0 Å². The van der Waals surface area contributed by atoms with E-state index in [1.165, 1.54) is 0 Å². The molecule has 4 aliphatic heterocycles. The molecular weight excluding hydrogens is 284 g/mol. The Labute approximate surface area is 127 Å². The molecule has 0 spiro atoms. The lowest BCUT2D eigenvalue weighted by Gasteiger charge is -2.35. The Balaban J connectivity index is 1.62. The SMILES string of the molecule is O=C1c2cc3c(cc2OC2CCCN12)OC1CCCN1C3=O. The van der Waals surface area contributed by atoms with Crippen LogP contribution in [-0.2, 0) is 0 Å². The number of hydrogen-bond donors (Lipinski definition) is 0. The Bertz CT molecular complexity index is 646. The summed E-state index contributed by atoms with van der Waals surface area (Å²) in [5.41, 5.74) is 0.956. The highest BCUT2D eigenvalue weighted by molar-refractivity contribution is 6.04. The smallest absolute Gasteiger partial charge is 0.260 e. The van der Waals surface area contributed by atoms with Crippen molar-refractivity contribution in [1.29, 1.82) is 0 Å². The minimum absolute atomic E-state index is 0.0390. The van der Waals surface area contributed by atoms with Crippen LogP contribution in [0.4, 0.5) is 0 Å². The van der Waals surface area contributed by atoms with Crippen LogP contribution in [0.15, 0.2) is 12.1 Å². The fourth-order valence-corrected chi connectivity index (χ4v) is 3.87. The van der Waals surface area contributed by atoms with Gasteiger partial charge in [-0.05, 0) is 18.9 Å². The number of carbonyl (C=O) groups excluding carboxylic acids is 2. The molecular formula is C16H16N2O4. The quantitative estimate of drug-likeness (QED) is 0.730. The van der Waals surface area contributed by atoms with E-state index in [1.807, 2.05) is 0 Å². The van der Waals surface area contributed by atoms with Crippen LogP contribution < -0.4 is 9.47 Å². The predicted molar refractivity (Wildman–Crippen MR) is 75.8 cm³/mol. The van der Waals surface area contributed by atoms with Gasteiger partial charge in [0.1, 0.15) is 11.5 Å². The van der Waals surface area contributed by atoms with E-state index < -0.39 is 0 Å². The van der Waals surface area contributed by atoms with Crippen molar-refractivity contribution in [2.75, 3.05) is 13.1 Å². The van der Waals surface area contributed by atoms with Crippen LogP contribution in [0.25, 0.3) is 0 Å². The molecule has 4 aliphatic rings. The first-order valence-electron chi connectivity index (χ1n) is 7.86. The standard InChI is InChI=1S/C16H16N2O4/c19-15-9-7-10-12(22-14-4-2-6-18(14)16(10)20)8-11(9)21-13-3-1-5-17(13)15/h7-8,13-14H,1-6H2. The Kier molecular flexibility index (Phi) is 2.32. The van der Waals surface area contributed by atoms with Crippen molar-refractivity contribution in [3.8, 4) is 11.5 Å². The molecule has 2 unspecified atom stereocenters. The molecule has 0 aromatic heterocycles. The monoisotopic (exact) mass is 300 g/mol. The van der Waals surface area contributed by atoms with Crippen LogP contribution in [0.5, 0.6) is 11.5 Å². The zero-order chi connectivity index (χ0) is 14.8. The predicted octanol–water partition coefficient (Wildman–Crippen LogP) is 1.60. The van der Waals surface area contributed by atoms with E-state index in [0.29, 0.717) is 22.6 Å². The number of carbonyl (C=O) groups is 2. The first-order chi connectivity index (χ1) is 10.7. The Morgan fingerprint density at radius 2 is 1.32 bits per heavy atom. The molecule has 6 nitrogen and oxygen atoms in total. The van der Waals surface area contributed by atoms with Crippen LogP contribution in [0.1, 0.15) is 46.4 Å². The summed E-state index contributed by atoms with van der Waals surface area (Å²) in [6.45, 7) is 1.44. The van der Waals surface area contributed by atoms with Crippen molar-refractivity contribution >= 4 is 11.8 Å².